The Balaban J connectivity index is 1.86. The summed E-state index contributed by atoms with van der Waals surface area (Å²) < 4.78 is 0. The summed E-state index contributed by atoms with van der Waals surface area (Å²) in [5, 5.41) is 57.1. The molecule has 3 aliphatic rings. The summed E-state index contributed by atoms with van der Waals surface area (Å²) in [6, 6.07) is 9.58. The van der Waals surface area contributed by atoms with Crippen LogP contribution in [0.5, 0.6) is 5.75 Å². The monoisotopic (exact) mass is 552 g/mol. The first kappa shape index (κ1) is 26.6. The van der Waals surface area contributed by atoms with Gasteiger partial charge in [-0.05, 0) is 49.0 Å². The van der Waals surface area contributed by atoms with Gasteiger partial charge in [-0.25, -0.2) is 0 Å². The van der Waals surface area contributed by atoms with Crippen LogP contribution in [0.1, 0.15) is 16.7 Å². The van der Waals surface area contributed by atoms with Crippen molar-refractivity contribution in [2.24, 2.45) is 17.6 Å². The number of carbonyl (C=O) groups is 3. The number of amides is 1. The van der Waals surface area contributed by atoms with E-state index in [0.717, 1.165) is 0 Å². The van der Waals surface area contributed by atoms with Gasteiger partial charge in [0.15, 0.2) is 11.4 Å². The number of fused-ring (bicyclic) bond motifs is 3. The number of aliphatic hydroxyl groups is 4. The summed E-state index contributed by atoms with van der Waals surface area (Å²) in [5.74, 6) is -8.94. The fourth-order valence-corrected chi connectivity index (χ4v) is 6.17. The number of rotatable bonds is 3. The number of likely N-dealkylation sites (N-methyl/N-ethyl adjacent to an activating group) is 1. The van der Waals surface area contributed by atoms with Crippen LogP contribution in [-0.4, -0.2) is 79.7 Å². The molecular formula is C28H25ClN2O8. The highest BCUT2D eigenvalue weighted by Crippen LogP contribution is 2.56. The number of Topliss-reactive ketones (excluding diaryl/α,β-unsaturated/α-hetero) is 2. The number of nitrogens with zero attached hydrogens (tertiary/aromatic N) is 1. The Bertz CT molecular complexity index is 1540. The van der Waals surface area contributed by atoms with Crippen molar-refractivity contribution >= 4 is 46.5 Å². The summed E-state index contributed by atoms with van der Waals surface area (Å²) in [4.78, 5) is 40.9. The molecule has 3 aliphatic carbocycles. The van der Waals surface area contributed by atoms with Crippen LogP contribution in [0.3, 0.4) is 0 Å². The Morgan fingerprint density at radius 2 is 1.72 bits per heavy atom. The molecule has 0 aliphatic heterocycles. The maximum absolute atomic E-state index is 14.1. The number of nitrogens with two attached hydrogens (primary N) is 1. The van der Waals surface area contributed by atoms with Crippen molar-refractivity contribution in [3.8, 4) is 5.75 Å². The smallest absolute Gasteiger partial charge is 0.255 e. The van der Waals surface area contributed by atoms with E-state index in [2.05, 4.69) is 0 Å². The SMILES string of the molecule is CN(C)[C@@H]1C(=O)C(C(N)=O)=C(O)[C@@]2(O)C(=O)C3=C(O)c4c(O)cccc4/C(=C\c4ccc(Cl)cc4)[C@H]3[C@H](O)[C@@H]12. The number of benzene rings is 2. The number of aromatic hydroxyl groups is 1. The molecule has 11 heteroatoms. The van der Waals surface area contributed by atoms with Crippen LogP contribution in [-0.2, 0) is 14.4 Å². The number of halogens is 1. The average Bonchev–Trinajstić information content (AvgIpc) is 2.86. The minimum Gasteiger partial charge on any atom is -0.508 e. The van der Waals surface area contributed by atoms with Gasteiger partial charge in [0.2, 0.25) is 5.78 Å². The fraction of sp³-hybridized carbons (Fsp3) is 0.250. The molecule has 202 valence electrons. The van der Waals surface area contributed by atoms with Gasteiger partial charge >= 0.3 is 0 Å². The van der Waals surface area contributed by atoms with E-state index >= 15 is 0 Å². The van der Waals surface area contributed by atoms with Crippen LogP contribution in [0.15, 0.2) is 59.4 Å². The van der Waals surface area contributed by atoms with Crippen LogP contribution in [0.25, 0.3) is 17.4 Å². The summed E-state index contributed by atoms with van der Waals surface area (Å²) in [6.07, 6.45) is -0.112. The summed E-state index contributed by atoms with van der Waals surface area (Å²) in [5.41, 5.74) is 1.96. The summed E-state index contributed by atoms with van der Waals surface area (Å²) >= 11 is 6.02. The second-order valence-electron chi connectivity index (χ2n) is 10.1. The van der Waals surface area contributed by atoms with Crippen LogP contribution in [0.4, 0.5) is 0 Å². The lowest BCUT2D eigenvalue weighted by Gasteiger charge is -2.53. The standard InChI is InChI=1S/C28H25ClN2O8/c1-31(2)21-20-23(34)17-14(10-11-6-8-12(29)9-7-11)13-4-3-5-15(32)16(13)22(33)18(17)25(36)28(20,39)26(37)19(24(21)35)27(30)38/h3-10,17,20-21,23,32-34,37,39H,1-2H3,(H2,30,38)/b14-10+/t17-,20-,21+,23+,28+/m1/s1. The largest absolute Gasteiger partial charge is 0.508 e. The predicted molar refractivity (Wildman–Crippen MR) is 141 cm³/mol. The van der Waals surface area contributed by atoms with Crippen molar-refractivity contribution in [3.63, 3.8) is 0 Å². The van der Waals surface area contributed by atoms with E-state index in [1.807, 2.05) is 0 Å². The molecule has 10 nitrogen and oxygen atoms in total. The van der Waals surface area contributed by atoms with Gasteiger partial charge < -0.3 is 31.3 Å². The molecular weight excluding hydrogens is 528 g/mol. The fourth-order valence-electron chi connectivity index (χ4n) is 6.05. The van der Waals surface area contributed by atoms with Crippen LogP contribution in [0, 0.1) is 11.8 Å². The van der Waals surface area contributed by atoms with Crippen molar-refractivity contribution in [2.45, 2.75) is 17.7 Å². The minimum atomic E-state index is -2.99. The van der Waals surface area contributed by atoms with Crippen LogP contribution >= 0.6 is 11.6 Å². The van der Waals surface area contributed by atoms with Gasteiger partial charge in [0.25, 0.3) is 5.91 Å². The number of aliphatic hydroxyl groups excluding tert-OH is 3. The normalized spacial score (nSPS) is 29.4. The summed E-state index contributed by atoms with van der Waals surface area (Å²) in [6.45, 7) is 0. The molecule has 0 aromatic heterocycles. The first-order valence-corrected chi connectivity index (χ1v) is 12.3. The lowest BCUT2D eigenvalue weighted by atomic mass is 9.55. The number of ketones is 2. The van der Waals surface area contributed by atoms with Gasteiger partial charge in [-0.3, -0.25) is 19.3 Å². The molecule has 0 unspecified atom stereocenters. The Hall–Kier alpha value is -3.96. The highest BCUT2D eigenvalue weighted by molar-refractivity contribution is 6.30. The minimum absolute atomic E-state index is 0.124. The number of primary amides is 1. The molecule has 2 aromatic rings. The van der Waals surface area contributed by atoms with E-state index < -0.39 is 69.7 Å². The first-order chi connectivity index (χ1) is 18.3. The van der Waals surface area contributed by atoms with E-state index in [-0.39, 0.29) is 11.3 Å². The zero-order valence-electron chi connectivity index (χ0n) is 20.8. The van der Waals surface area contributed by atoms with Crippen LogP contribution < -0.4 is 5.73 Å². The molecule has 0 saturated heterocycles. The van der Waals surface area contributed by atoms with E-state index in [9.17, 15) is 39.9 Å². The molecule has 2 aromatic carbocycles. The zero-order chi connectivity index (χ0) is 28.5. The number of hydrogen-bond donors (Lipinski definition) is 6. The quantitative estimate of drug-likeness (QED) is 0.308. The maximum Gasteiger partial charge on any atom is 0.255 e. The third-order valence-corrected chi connectivity index (χ3v) is 7.97. The lowest BCUT2D eigenvalue weighted by Crippen LogP contribution is -2.70. The van der Waals surface area contributed by atoms with Crippen LogP contribution in [0.2, 0.25) is 5.02 Å². The molecule has 5 atom stereocenters. The molecule has 0 radical (unpaired) electrons. The van der Waals surface area contributed by atoms with E-state index in [1.54, 1.807) is 36.4 Å². The van der Waals surface area contributed by atoms with Crippen molar-refractivity contribution in [1.82, 2.24) is 4.90 Å². The zero-order valence-corrected chi connectivity index (χ0v) is 21.5. The Morgan fingerprint density at radius 3 is 2.31 bits per heavy atom. The summed E-state index contributed by atoms with van der Waals surface area (Å²) in [7, 11) is 2.89. The van der Waals surface area contributed by atoms with E-state index in [4.69, 9.17) is 17.3 Å². The van der Waals surface area contributed by atoms with Gasteiger partial charge in [0.05, 0.1) is 29.2 Å². The average molecular weight is 553 g/mol. The van der Waals surface area contributed by atoms with Gasteiger partial charge in [-0.15, -0.1) is 0 Å². The van der Waals surface area contributed by atoms with Gasteiger partial charge in [-0.2, -0.15) is 0 Å². The van der Waals surface area contributed by atoms with Crippen molar-refractivity contribution in [2.75, 3.05) is 14.1 Å². The topological polar surface area (TPSA) is 182 Å². The third kappa shape index (κ3) is 3.64. The molecule has 1 saturated carbocycles. The number of phenolic OH excluding ortho intramolecular Hbond substituents is 1. The second-order valence-corrected chi connectivity index (χ2v) is 10.5. The Morgan fingerprint density at radius 1 is 1.08 bits per heavy atom. The second kappa shape index (κ2) is 9.06. The van der Waals surface area contributed by atoms with Crippen molar-refractivity contribution < 1.29 is 39.9 Å². The highest BCUT2D eigenvalue weighted by atomic mass is 35.5. The molecule has 0 bridgehead atoms. The van der Waals surface area contributed by atoms with E-state index in [0.29, 0.717) is 21.7 Å². The predicted octanol–water partition coefficient (Wildman–Crippen LogP) is 1.59. The van der Waals surface area contributed by atoms with Gasteiger partial charge in [0, 0.05) is 10.9 Å². The molecule has 39 heavy (non-hydrogen) atoms. The Labute approximate surface area is 227 Å². The number of hydrogen-bond acceptors (Lipinski definition) is 9. The third-order valence-electron chi connectivity index (χ3n) is 7.72. The van der Waals surface area contributed by atoms with Crippen molar-refractivity contribution in [3.05, 3.63) is 81.1 Å². The Kier molecular flexibility index (Phi) is 6.19. The van der Waals surface area contributed by atoms with Gasteiger partial charge in [-0.1, -0.05) is 41.9 Å². The highest BCUT2D eigenvalue weighted by Gasteiger charge is 2.68. The molecule has 0 spiro atoms. The lowest BCUT2D eigenvalue weighted by molar-refractivity contribution is -0.166. The molecule has 1 amide bonds. The molecule has 7 N–H and O–H groups in total. The number of carbonyl (C=O) groups excluding carboxylic acids is 3. The molecule has 0 heterocycles. The van der Waals surface area contributed by atoms with Gasteiger partial charge in [0.1, 0.15) is 22.8 Å². The van der Waals surface area contributed by atoms with E-state index in [1.165, 1.54) is 31.1 Å². The first-order valence-electron chi connectivity index (χ1n) is 11.9. The number of phenols is 1. The van der Waals surface area contributed by atoms with Crippen molar-refractivity contribution in [1.29, 1.82) is 0 Å². The maximum atomic E-state index is 14.1. The molecule has 5 rings (SSSR count). The molecule has 1 fully saturated rings.